The number of benzene rings is 3. The first-order valence-electron chi connectivity index (χ1n) is 16.2. The van der Waals surface area contributed by atoms with Gasteiger partial charge in [-0.15, -0.1) is 0 Å². The van der Waals surface area contributed by atoms with Crippen LogP contribution in [0.15, 0.2) is 58.4 Å². The average Bonchev–Trinajstić information content (AvgIpc) is 2.98. The lowest BCUT2D eigenvalue weighted by Gasteiger charge is -2.49. The Bertz CT molecular complexity index is 2140. The number of nitrogens with zero attached hydrogens (tertiary/aromatic N) is 3. The molecular weight excluding hydrogens is 655 g/mol. The normalized spacial score (nSPS) is 19.3. The molecule has 3 aromatic rings. The number of ether oxygens (including phenoxy) is 1. The summed E-state index contributed by atoms with van der Waals surface area (Å²) in [5.41, 5.74) is 5.08. The predicted octanol–water partition coefficient (Wildman–Crippen LogP) is 3.68. The average molecular weight is 697 g/mol. The van der Waals surface area contributed by atoms with Crippen LogP contribution in [-0.4, -0.2) is 63.4 Å². The Morgan fingerprint density at radius 3 is 2.50 bits per heavy atom. The van der Waals surface area contributed by atoms with Crippen molar-refractivity contribution >= 4 is 38.1 Å². The highest BCUT2D eigenvalue weighted by molar-refractivity contribution is 7.86. The quantitative estimate of drug-likeness (QED) is 0.140. The molecule has 256 valence electrons. The maximum absolute atomic E-state index is 12.2. The maximum Gasteiger partial charge on any atom is 0.295 e. The summed E-state index contributed by atoms with van der Waals surface area (Å²) in [6, 6.07) is 14.9. The summed E-state index contributed by atoms with van der Waals surface area (Å²) in [4.78, 5) is 18.1. The van der Waals surface area contributed by atoms with Crippen molar-refractivity contribution in [2.24, 2.45) is 4.99 Å². The smallest absolute Gasteiger partial charge is 0.295 e. The molecule has 6 rings (SSSR count). The Balaban J connectivity index is 1.51. The molecule has 0 amide bonds. The third-order valence-corrected chi connectivity index (χ3v) is 11.9. The summed E-state index contributed by atoms with van der Waals surface area (Å²) >= 11 is 0. The van der Waals surface area contributed by atoms with Crippen LogP contribution in [0.25, 0.3) is 0 Å². The van der Waals surface area contributed by atoms with E-state index in [1.807, 2.05) is 6.07 Å². The Kier molecular flexibility index (Phi) is 8.80. The van der Waals surface area contributed by atoms with Gasteiger partial charge in [-0.25, -0.2) is 9.57 Å². The first-order chi connectivity index (χ1) is 22.5. The standard InChI is InChI=1S/C35H41N3O8S2/c1-34(2)19-25(21-47(40,41)42)26-16-30-28(18-32(26)38(34)13-8-14-46-22-39)35(3,4)27-17-31-23(15-29(27)36-30)10-7-12-37(31)20-24-9-5-6-11-33(24)48(43,44)45/h5-6,9,11,15-18,22,25H,7-8,10,12-14,19-21H2,1-4H3,(H-,40,41,42,43,44,45)/p+1. The summed E-state index contributed by atoms with van der Waals surface area (Å²) in [6.07, 6.45) is 2.78. The van der Waals surface area contributed by atoms with E-state index >= 15 is 0 Å². The fourth-order valence-electron chi connectivity index (χ4n) is 7.90. The first kappa shape index (κ1) is 34.2. The second-order valence-electron chi connectivity index (χ2n) is 14.2. The van der Waals surface area contributed by atoms with E-state index in [1.54, 1.807) is 18.2 Å². The number of hydrogen-bond acceptors (Lipinski definition) is 8. The van der Waals surface area contributed by atoms with Crippen molar-refractivity contribution < 1.29 is 35.5 Å². The molecule has 3 heterocycles. The van der Waals surface area contributed by atoms with Crippen LogP contribution in [0.5, 0.6) is 0 Å². The number of aryl methyl sites for hydroxylation is 1. The van der Waals surface area contributed by atoms with Gasteiger partial charge in [0.15, 0.2) is 6.54 Å². The number of anilines is 1. The Hall–Kier alpha value is -3.65. The SMILES string of the molecule is CC1(C)c2cc3c(cc2N=c2cc4c(cc21)=[N+](Cc1ccccc1S(=O)(=O)O)CCC4)C(CS(=O)(=O)O)CC(C)(C)N3CCCOC=O. The van der Waals surface area contributed by atoms with Crippen LogP contribution in [0.2, 0.25) is 0 Å². The van der Waals surface area contributed by atoms with Crippen molar-refractivity contribution in [1.82, 2.24) is 4.58 Å². The van der Waals surface area contributed by atoms with Gasteiger partial charge >= 0.3 is 0 Å². The molecule has 48 heavy (non-hydrogen) atoms. The Morgan fingerprint density at radius 1 is 1.04 bits per heavy atom. The molecule has 0 spiro atoms. The number of rotatable bonds is 10. The van der Waals surface area contributed by atoms with Crippen molar-refractivity contribution in [2.75, 3.05) is 30.3 Å². The van der Waals surface area contributed by atoms with Crippen LogP contribution in [0.3, 0.4) is 0 Å². The highest BCUT2D eigenvalue weighted by Crippen LogP contribution is 2.49. The zero-order chi connectivity index (χ0) is 34.6. The van der Waals surface area contributed by atoms with E-state index < -0.39 is 42.9 Å². The first-order valence-corrected chi connectivity index (χ1v) is 19.2. The third kappa shape index (κ3) is 6.52. The van der Waals surface area contributed by atoms with Crippen LogP contribution in [0, 0.1) is 0 Å². The van der Waals surface area contributed by atoms with Gasteiger partial charge in [0.05, 0.1) is 23.4 Å². The second-order valence-corrected chi connectivity index (χ2v) is 17.1. The minimum atomic E-state index is -4.39. The fraction of sp³-hybridized carbons (Fsp3) is 0.457. The van der Waals surface area contributed by atoms with Crippen LogP contribution < -0.4 is 20.2 Å². The molecule has 3 aliphatic rings. The summed E-state index contributed by atoms with van der Waals surface area (Å²) < 4.78 is 75.5. The third-order valence-electron chi connectivity index (χ3n) is 10.1. The molecule has 1 atom stereocenters. The van der Waals surface area contributed by atoms with Crippen LogP contribution in [0.4, 0.5) is 11.4 Å². The highest BCUT2D eigenvalue weighted by Gasteiger charge is 2.42. The number of hydrogen-bond donors (Lipinski definition) is 2. The van der Waals surface area contributed by atoms with E-state index in [-0.39, 0.29) is 11.5 Å². The van der Waals surface area contributed by atoms with Gasteiger partial charge in [0.25, 0.3) is 26.7 Å². The van der Waals surface area contributed by atoms with E-state index in [4.69, 9.17) is 9.73 Å². The van der Waals surface area contributed by atoms with Crippen molar-refractivity contribution in [1.29, 1.82) is 0 Å². The van der Waals surface area contributed by atoms with E-state index in [0.717, 1.165) is 63.7 Å². The van der Waals surface area contributed by atoms with E-state index in [1.165, 1.54) is 6.07 Å². The molecular formula is C35H42N3O8S2+. The molecule has 1 unspecified atom stereocenters. The number of fused-ring (bicyclic) bond motifs is 4. The molecule has 13 heteroatoms. The van der Waals surface area contributed by atoms with Crippen LogP contribution in [0.1, 0.15) is 80.7 Å². The van der Waals surface area contributed by atoms with Crippen molar-refractivity contribution in [3.8, 4) is 0 Å². The van der Waals surface area contributed by atoms with Gasteiger partial charge in [-0.1, -0.05) is 32.0 Å². The molecule has 0 aromatic heterocycles. The summed E-state index contributed by atoms with van der Waals surface area (Å²) in [6.45, 7) is 10.7. The highest BCUT2D eigenvalue weighted by atomic mass is 32.2. The number of carbonyl (C=O) groups is 1. The fourth-order valence-corrected chi connectivity index (χ4v) is 9.42. The minimum Gasteiger partial charge on any atom is -0.468 e. The Morgan fingerprint density at radius 2 is 1.79 bits per heavy atom. The molecule has 0 fully saturated rings. The van der Waals surface area contributed by atoms with E-state index in [9.17, 15) is 30.7 Å². The van der Waals surface area contributed by atoms with Gasteiger partial charge in [-0.3, -0.25) is 13.9 Å². The van der Waals surface area contributed by atoms with Crippen molar-refractivity contribution in [2.45, 2.75) is 81.7 Å². The monoisotopic (exact) mass is 696 g/mol. The lowest BCUT2D eigenvalue weighted by atomic mass is 9.72. The lowest BCUT2D eigenvalue weighted by Crippen LogP contribution is -2.50. The zero-order valence-electron chi connectivity index (χ0n) is 27.6. The summed E-state index contributed by atoms with van der Waals surface area (Å²) in [5, 5.41) is 1.83. The largest absolute Gasteiger partial charge is 0.468 e. The van der Waals surface area contributed by atoms with Gasteiger partial charge in [-0.05, 0) is 74.1 Å². The molecule has 0 aliphatic carbocycles. The van der Waals surface area contributed by atoms with Gasteiger partial charge in [0.1, 0.15) is 11.4 Å². The molecule has 11 nitrogen and oxygen atoms in total. The molecule has 3 aromatic carbocycles. The second kappa shape index (κ2) is 12.3. The predicted molar refractivity (Wildman–Crippen MR) is 182 cm³/mol. The lowest BCUT2D eigenvalue weighted by molar-refractivity contribution is -0.128. The van der Waals surface area contributed by atoms with Gasteiger partial charge in [0.2, 0.25) is 5.36 Å². The number of carbonyl (C=O) groups excluding carboxylic acids is 1. The zero-order valence-corrected chi connectivity index (χ0v) is 29.3. The van der Waals surface area contributed by atoms with Gasteiger partial charge in [0, 0.05) is 52.7 Å². The Labute approximate surface area is 281 Å². The van der Waals surface area contributed by atoms with E-state index in [0.29, 0.717) is 38.0 Å². The summed E-state index contributed by atoms with van der Waals surface area (Å²) in [5.74, 6) is -0.839. The van der Waals surface area contributed by atoms with Crippen LogP contribution in [-0.2, 0) is 48.1 Å². The maximum atomic E-state index is 12.2. The summed E-state index contributed by atoms with van der Waals surface area (Å²) in [7, 11) is -8.65. The van der Waals surface area contributed by atoms with Crippen LogP contribution >= 0.6 is 0 Å². The topological polar surface area (TPSA) is 154 Å². The molecule has 0 saturated heterocycles. The van der Waals surface area contributed by atoms with Crippen molar-refractivity contribution in [3.63, 3.8) is 0 Å². The van der Waals surface area contributed by atoms with Gasteiger partial charge in [-0.2, -0.15) is 16.8 Å². The molecule has 0 bridgehead atoms. The molecule has 0 radical (unpaired) electrons. The molecule has 3 aliphatic heterocycles. The van der Waals surface area contributed by atoms with E-state index in [2.05, 4.69) is 55.4 Å². The molecule has 2 N–H and O–H groups in total. The van der Waals surface area contributed by atoms with Crippen molar-refractivity contribution in [3.05, 3.63) is 87.1 Å². The molecule has 0 saturated carbocycles. The minimum absolute atomic E-state index is 0.0957. The van der Waals surface area contributed by atoms with Gasteiger partial charge < -0.3 is 9.64 Å².